The maximum absolute atomic E-state index is 11.1. The normalized spacial score (nSPS) is 10.9. The molecular formula is C9H7Cl3N2OS. The summed E-state index contributed by atoms with van der Waals surface area (Å²) < 4.78 is -1.72. The molecule has 1 aromatic carbocycles. The highest BCUT2D eigenvalue weighted by atomic mass is 35.6. The van der Waals surface area contributed by atoms with Crippen molar-refractivity contribution in [3.05, 3.63) is 35.4 Å². The monoisotopic (exact) mass is 296 g/mol. The molecule has 1 amide bonds. The second-order valence-corrected chi connectivity index (χ2v) is 5.55. The molecule has 3 nitrogen and oxygen atoms in total. The van der Waals surface area contributed by atoms with Crippen molar-refractivity contribution in [3.8, 4) is 0 Å². The number of nitrogens with two attached hydrogens (primary N) is 1. The number of alkyl halides is 3. The molecule has 0 fully saturated rings. The first kappa shape index (κ1) is 13.5. The molecule has 0 aromatic heterocycles. The van der Waals surface area contributed by atoms with E-state index in [0.29, 0.717) is 5.56 Å². The number of carbonyl (C=O) groups excluding carboxylic acids is 1. The van der Waals surface area contributed by atoms with Crippen molar-refractivity contribution < 1.29 is 4.79 Å². The summed E-state index contributed by atoms with van der Waals surface area (Å²) in [5, 5.41) is 2.45. The highest BCUT2D eigenvalue weighted by Crippen LogP contribution is 2.23. The van der Waals surface area contributed by atoms with Crippen LogP contribution in [0.1, 0.15) is 15.9 Å². The Kier molecular flexibility index (Phi) is 4.38. The molecule has 0 spiro atoms. The van der Waals surface area contributed by atoms with Gasteiger partial charge in [-0.25, -0.2) is 0 Å². The lowest BCUT2D eigenvalue weighted by molar-refractivity contribution is 0.1000. The quantitative estimate of drug-likeness (QED) is 0.501. The number of carbonyl (C=O) groups is 1. The molecule has 0 unspecified atom stereocenters. The van der Waals surface area contributed by atoms with Gasteiger partial charge in [0.1, 0.15) is 4.99 Å². The van der Waals surface area contributed by atoms with Crippen molar-refractivity contribution in [1.82, 2.24) is 5.32 Å². The van der Waals surface area contributed by atoms with Crippen LogP contribution in [0, 0.1) is 0 Å². The van der Waals surface area contributed by atoms with E-state index < -0.39 is 9.82 Å². The molecule has 0 saturated heterocycles. The summed E-state index contributed by atoms with van der Waals surface area (Å²) in [6.07, 6.45) is 0. The number of benzene rings is 1. The number of hydrogen-bond donors (Lipinski definition) is 2. The van der Waals surface area contributed by atoms with Gasteiger partial charge in [-0.2, -0.15) is 0 Å². The van der Waals surface area contributed by atoms with Crippen LogP contribution in [0.25, 0.3) is 0 Å². The molecule has 0 heterocycles. The molecule has 0 radical (unpaired) electrons. The minimum atomic E-state index is -1.72. The molecule has 0 atom stereocenters. The molecule has 0 aliphatic rings. The topological polar surface area (TPSA) is 55.1 Å². The van der Waals surface area contributed by atoms with Gasteiger partial charge in [-0.05, 0) is 6.07 Å². The van der Waals surface area contributed by atoms with E-state index >= 15 is 0 Å². The van der Waals surface area contributed by atoms with Crippen molar-refractivity contribution in [2.45, 2.75) is 3.92 Å². The van der Waals surface area contributed by atoms with Crippen molar-refractivity contribution in [3.63, 3.8) is 0 Å². The van der Waals surface area contributed by atoms with Crippen molar-refractivity contribution in [1.29, 1.82) is 0 Å². The van der Waals surface area contributed by atoms with Gasteiger partial charge in [0.05, 0.1) is 0 Å². The summed E-state index contributed by atoms with van der Waals surface area (Å²) in [5.41, 5.74) is 5.89. The summed E-state index contributed by atoms with van der Waals surface area (Å²) in [6.45, 7) is 0. The number of amides is 1. The lowest BCUT2D eigenvalue weighted by Crippen LogP contribution is -2.35. The Morgan fingerprint density at radius 2 is 1.75 bits per heavy atom. The molecule has 3 N–H and O–H groups in total. The maximum atomic E-state index is 11.1. The predicted octanol–water partition coefficient (Wildman–Crippen LogP) is 2.38. The number of primary amides is 1. The predicted molar refractivity (Wildman–Crippen MR) is 70.1 cm³/mol. The Labute approximate surface area is 113 Å². The number of nitrogens with one attached hydrogen (secondary N) is 1. The van der Waals surface area contributed by atoms with Gasteiger partial charge in [0.15, 0.2) is 0 Å². The Hall–Kier alpha value is -0.550. The molecule has 16 heavy (non-hydrogen) atoms. The zero-order valence-corrected chi connectivity index (χ0v) is 10.9. The minimum absolute atomic E-state index is 0.148. The van der Waals surface area contributed by atoms with Gasteiger partial charge in [0, 0.05) is 11.1 Å². The lowest BCUT2D eigenvalue weighted by atomic mass is 10.1. The molecule has 1 aromatic rings. The highest BCUT2D eigenvalue weighted by molar-refractivity contribution is 7.80. The number of halogens is 3. The summed E-state index contributed by atoms with van der Waals surface area (Å²) in [6, 6.07) is 6.53. The first-order valence-corrected chi connectivity index (χ1v) is 5.63. The fraction of sp³-hybridized carbons (Fsp3) is 0.111. The average molecular weight is 298 g/mol. The zero-order valence-electron chi connectivity index (χ0n) is 7.84. The SMILES string of the molecule is NC(=O)c1ccccc1C(=S)NC(Cl)(Cl)Cl. The van der Waals surface area contributed by atoms with E-state index in [4.69, 9.17) is 52.8 Å². The smallest absolute Gasteiger partial charge is 0.266 e. The fourth-order valence-electron chi connectivity index (χ4n) is 1.09. The Bertz CT molecular complexity index is 431. The highest BCUT2D eigenvalue weighted by Gasteiger charge is 2.22. The Balaban J connectivity index is 3.04. The summed E-state index contributed by atoms with van der Waals surface area (Å²) in [7, 11) is 0. The van der Waals surface area contributed by atoms with Crippen LogP contribution in [-0.4, -0.2) is 14.8 Å². The van der Waals surface area contributed by atoms with E-state index in [9.17, 15) is 4.79 Å². The standard InChI is InChI=1S/C9H7Cl3N2OS/c10-9(11,12)14-8(16)6-4-2-1-3-5(6)7(13)15/h1-4H,(H2,13,15)(H,14,16). The van der Waals surface area contributed by atoms with Crippen LogP contribution in [0.3, 0.4) is 0 Å². The third kappa shape index (κ3) is 3.79. The molecular weight excluding hydrogens is 291 g/mol. The number of rotatable bonds is 2. The summed E-state index contributed by atoms with van der Waals surface area (Å²) >= 11 is 21.6. The molecule has 0 aliphatic carbocycles. The summed E-state index contributed by atoms with van der Waals surface area (Å²) in [5.74, 6) is -0.593. The third-order valence-corrected chi connectivity index (χ3v) is 2.30. The van der Waals surface area contributed by atoms with Crippen LogP contribution >= 0.6 is 47.0 Å². The largest absolute Gasteiger partial charge is 0.366 e. The van der Waals surface area contributed by atoms with Crippen LogP contribution in [0.2, 0.25) is 0 Å². The van der Waals surface area contributed by atoms with Crippen LogP contribution < -0.4 is 11.1 Å². The van der Waals surface area contributed by atoms with Gasteiger partial charge in [0.2, 0.25) is 5.91 Å². The van der Waals surface area contributed by atoms with E-state index in [0.717, 1.165) is 0 Å². The minimum Gasteiger partial charge on any atom is -0.366 e. The van der Waals surface area contributed by atoms with Crippen molar-refractivity contribution in [2.24, 2.45) is 5.73 Å². The molecule has 0 bridgehead atoms. The number of hydrogen-bond acceptors (Lipinski definition) is 2. The first-order valence-electron chi connectivity index (χ1n) is 4.09. The third-order valence-electron chi connectivity index (χ3n) is 1.69. The van der Waals surface area contributed by atoms with E-state index in [-0.39, 0.29) is 10.6 Å². The van der Waals surface area contributed by atoms with Crippen LogP contribution in [-0.2, 0) is 0 Å². The van der Waals surface area contributed by atoms with Gasteiger partial charge >= 0.3 is 0 Å². The molecule has 86 valence electrons. The van der Waals surface area contributed by atoms with Crippen LogP contribution in [0.15, 0.2) is 24.3 Å². The van der Waals surface area contributed by atoms with Crippen molar-refractivity contribution >= 4 is 57.9 Å². The second kappa shape index (κ2) is 5.19. The summed E-state index contributed by atoms with van der Waals surface area (Å²) in [4.78, 5) is 11.3. The second-order valence-electron chi connectivity index (χ2n) is 2.86. The molecule has 0 saturated carbocycles. The first-order chi connectivity index (χ1) is 7.31. The Morgan fingerprint density at radius 1 is 1.25 bits per heavy atom. The van der Waals surface area contributed by atoms with E-state index in [1.54, 1.807) is 24.3 Å². The van der Waals surface area contributed by atoms with Gasteiger partial charge in [-0.15, -0.1) is 0 Å². The molecule has 1 rings (SSSR count). The van der Waals surface area contributed by atoms with Crippen molar-refractivity contribution in [2.75, 3.05) is 0 Å². The maximum Gasteiger partial charge on any atom is 0.266 e. The number of thiocarbonyl (C=S) groups is 1. The zero-order chi connectivity index (χ0) is 12.3. The molecule has 7 heteroatoms. The van der Waals surface area contributed by atoms with Gasteiger partial charge in [0.25, 0.3) is 3.92 Å². The fourth-order valence-corrected chi connectivity index (χ4v) is 1.87. The van der Waals surface area contributed by atoms with Gasteiger partial charge in [-0.3, -0.25) is 4.79 Å². The van der Waals surface area contributed by atoms with Crippen LogP contribution in [0.5, 0.6) is 0 Å². The molecule has 0 aliphatic heterocycles. The average Bonchev–Trinajstić information content (AvgIpc) is 2.15. The van der Waals surface area contributed by atoms with E-state index in [1.807, 2.05) is 0 Å². The van der Waals surface area contributed by atoms with Gasteiger partial charge in [-0.1, -0.05) is 65.2 Å². The van der Waals surface area contributed by atoms with E-state index in [2.05, 4.69) is 5.32 Å². The lowest BCUT2D eigenvalue weighted by Gasteiger charge is -2.16. The van der Waals surface area contributed by atoms with Gasteiger partial charge < -0.3 is 11.1 Å². The van der Waals surface area contributed by atoms with E-state index in [1.165, 1.54) is 0 Å². The van der Waals surface area contributed by atoms with Crippen LogP contribution in [0.4, 0.5) is 0 Å². The Morgan fingerprint density at radius 3 is 2.19 bits per heavy atom.